The fourth-order valence-electron chi connectivity index (χ4n) is 5.68. The molecular weight excluding hydrogens is 676 g/mol. The van der Waals surface area contributed by atoms with Crippen LogP contribution in [0.1, 0.15) is 63.5 Å². The maximum atomic E-state index is 15.7. The van der Waals surface area contributed by atoms with Gasteiger partial charge in [0.05, 0.1) is 23.5 Å². The van der Waals surface area contributed by atoms with Gasteiger partial charge in [-0.3, -0.25) is 19.7 Å². The number of hydrogen-bond donors (Lipinski definition) is 1. The van der Waals surface area contributed by atoms with Crippen LogP contribution in [0.5, 0.6) is 0 Å². The molecular formula is C35H41F2N3O9S. The number of non-ortho nitro benzene ring substituents is 1. The number of nitro benzene ring substituents is 1. The molecule has 0 saturated carbocycles. The molecule has 0 saturated heterocycles. The van der Waals surface area contributed by atoms with Crippen LogP contribution in [0, 0.1) is 10.1 Å². The van der Waals surface area contributed by atoms with Crippen molar-refractivity contribution < 1.29 is 46.0 Å². The summed E-state index contributed by atoms with van der Waals surface area (Å²) in [5.74, 6) is -6.07. The summed E-state index contributed by atoms with van der Waals surface area (Å²) in [5, 5.41) is 13.6. The van der Waals surface area contributed by atoms with Gasteiger partial charge in [-0.15, -0.1) is 0 Å². The third-order valence-electron chi connectivity index (χ3n) is 7.91. The molecule has 3 aromatic rings. The largest absolute Gasteiger partial charge is 0.465 e. The second-order valence-corrected chi connectivity index (χ2v) is 13.6. The highest BCUT2D eigenvalue weighted by molar-refractivity contribution is 7.89. The van der Waals surface area contributed by atoms with E-state index in [-0.39, 0.29) is 25.1 Å². The molecule has 0 spiro atoms. The van der Waals surface area contributed by atoms with Crippen molar-refractivity contribution in [2.24, 2.45) is 0 Å². The number of rotatable bonds is 18. The minimum Gasteiger partial charge on any atom is -0.465 e. The topological polar surface area (TPSA) is 162 Å². The molecule has 1 N–H and O–H groups in total. The van der Waals surface area contributed by atoms with Crippen LogP contribution in [0.4, 0.5) is 19.3 Å². The summed E-state index contributed by atoms with van der Waals surface area (Å²) in [6.07, 6.45) is -3.80. The van der Waals surface area contributed by atoms with Crippen molar-refractivity contribution in [2.45, 2.75) is 81.3 Å². The van der Waals surface area contributed by atoms with Crippen LogP contribution in [0.15, 0.2) is 89.8 Å². The van der Waals surface area contributed by atoms with Crippen molar-refractivity contribution in [3.8, 4) is 0 Å². The number of methoxy groups -OCH3 is 1. The zero-order valence-corrected chi connectivity index (χ0v) is 29.0. The van der Waals surface area contributed by atoms with Gasteiger partial charge in [0, 0.05) is 43.4 Å². The normalized spacial score (nSPS) is 13.1. The Kier molecular flexibility index (Phi) is 14.1. The molecule has 3 aromatic carbocycles. The van der Waals surface area contributed by atoms with E-state index >= 15 is 8.78 Å². The number of nitrogens with zero attached hydrogens (tertiary/aromatic N) is 2. The maximum absolute atomic E-state index is 15.7. The average molecular weight is 718 g/mol. The number of nitrogens with one attached hydrogen (secondary N) is 1. The Hall–Kier alpha value is -4.76. The lowest BCUT2D eigenvalue weighted by Crippen LogP contribution is -2.51. The summed E-state index contributed by atoms with van der Waals surface area (Å²) in [6, 6.07) is 17.5. The maximum Gasteiger partial charge on any atom is 0.407 e. The van der Waals surface area contributed by atoms with Crippen molar-refractivity contribution in [2.75, 3.05) is 13.7 Å². The zero-order chi connectivity index (χ0) is 37.1. The van der Waals surface area contributed by atoms with Crippen molar-refractivity contribution in [1.29, 1.82) is 0 Å². The van der Waals surface area contributed by atoms with Crippen LogP contribution >= 0.6 is 0 Å². The zero-order valence-electron chi connectivity index (χ0n) is 28.2. The van der Waals surface area contributed by atoms with Crippen LogP contribution in [0.3, 0.4) is 0 Å². The first kappa shape index (κ1) is 39.7. The number of alkyl halides is 2. The van der Waals surface area contributed by atoms with Crippen molar-refractivity contribution in [3.05, 3.63) is 106 Å². The van der Waals surface area contributed by atoms with Crippen LogP contribution in [-0.2, 0) is 29.1 Å². The molecule has 0 aliphatic heterocycles. The molecule has 2 atom stereocenters. The number of Topliss-reactive ketones (excluding diaryl/α,β-unsaturated/α-hetero) is 1. The number of esters is 1. The Balaban J connectivity index is 1.87. The molecule has 0 heterocycles. The van der Waals surface area contributed by atoms with Gasteiger partial charge < -0.3 is 14.8 Å². The van der Waals surface area contributed by atoms with Gasteiger partial charge in [-0.2, -0.15) is 4.31 Å². The number of carbonyl (C=O) groups is 3. The molecule has 0 aliphatic rings. The van der Waals surface area contributed by atoms with Crippen molar-refractivity contribution in [3.63, 3.8) is 0 Å². The lowest BCUT2D eigenvalue weighted by atomic mass is 9.82. The Morgan fingerprint density at radius 2 is 1.48 bits per heavy atom. The van der Waals surface area contributed by atoms with Gasteiger partial charge in [0.25, 0.3) is 5.69 Å². The predicted octanol–water partition coefficient (Wildman–Crippen LogP) is 6.25. The molecule has 0 aromatic heterocycles. The summed E-state index contributed by atoms with van der Waals surface area (Å²) >= 11 is 0. The van der Waals surface area contributed by atoms with Crippen LogP contribution in [0.25, 0.3) is 0 Å². The molecule has 0 fully saturated rings. The Morgan fingerprint density at radius 3 is 1.94 bits per heavy atom. The SMILES string of the molecule is CCOC(=O)[C@H](CC(F)(F)CCCC(=O)[C@@H](NC(=O)OC)C(c1ccccc1)c1ccccc1)N(C(C)C)S(=O)(=O)c1ccc([N+](=O)[O-])cc1. The standard InChI is InChI=1S/C35H41F2N3O9S/c1-5-49-33(42)29(39(24(2)3)50(46,47)28-20-18-27(19-21-28)40(44)45)23-35(36,37)22-12-17-30(41)32(38-34(43)48-4)31(25-13-8-6-9-14-25)26-15-10-7-11-16-26/h6-11,13-16,18-21,24,29,31-32H,5,12,17,22-23H2,1-4H3,(H,38,43)/t29-,32+/m0/s1. The Labute approximate surface area is 290 Å². The Morgan fingerprint density at radius 1 is 0.940 bits per heavy atom. The third kappa shape index (κ3) is 10.4. The summed E-state index contributed by atoms with van der Waals surface area (Å²) in [6.45, 7) is 4.03. The molecule has 1 amide bonds. The number of halogens is 2. The number of benzene rings is 3. The van der Waals surface area contributed by atoms with Crippen molar-refractivity contribution in [1.82, 2.24) is 9.62 Å². The molecule has 0 bridgehead atoms. The Bertz CT molecular complexity index is 1670. The number of amides is 1. The van der Waals surface area contributed by atoms with E-state index in [1.165, 1.54) is 20.8 Å². The first-order valence-corrected chi connectivity index (χ1v) is 17.4. The van der Waals surface area contributed by atoms with E-state index in [0.29, 0.717) is 15.4 Å². The van der Waals surface area contributed by atoms with E-state index in [4.69, 9.17) is 9.47 Å². The summed E-state index contributed by atoms with van der Waals surface area (Å²) in [5.41, 5.74) is 1.00. The fraction of sp³-hybridized carbons (Fsp3) is 0.400. The molecule has 0 unspecified atom stereocenters. The van der Waals surface area contributed by atoms with Crippen LogP contribution < -0.4 is 5.32 Å². The lowest BCUT2D eigenvalue weighted by Gasteiger charge is -2.34. The number of carbonyl (C=O) groups excluding carboxylic acids is 3. The van der Waals surface area contributed by atoms with Gasteiger partial charge in [-0.1, -0.05) is 60.7 Å². The molecule has 12 nitrogen and oxygen atoms in total. The molecule has 270 valence electrons. The second-order valence-electron chi connectivity index (χ2n) is 11.7. The number of sulfonamides is 1. The second kappa shape index (κ2) is 17.8. The van der Waals surface area contributed by atoms with Gasteiger partial charge in [-0.05, 0) is 50.5 Å². The van der Waals surface area contributed by atoms with Gasteiger partial charge in [-0.25, -0.2) is 22.0 Å². The average Bonchev–Trinajstić information content (AvgIpc) is 3.08. The van der Waals surface area contributed by atoms with E-state index in [2.05, 4.69) is 5.32 Å². The van der Waals surface area contributed by atoms with Gasteiger partial charge in [0.15, 0.2) is 5.78 Å². The smallest absolute Gasteiger partial charge is 0.407 e. The number of hydrogen-bond acceptors (Lipinski definition) is 9. The first-order chi connectivity index (χ1) is 23.6. The monoisotopic (exact) mass is 717 g/mol. The van der Waals surface area contributed by atoms with Gasteiger partial charge in [0.2, 0.25) is 15.9 Å². The third-order valence-corrected chi connectivity index (χ3v) is 10.0. The highest BCUT2D eigenvalue weighted by Crippen LogP contribution is 2.34. The minimum absolute atomic E-state index is 0.211. The highest BCUT2D eigenvalue weighted by Gasteiger charge is 2.45. The van der Waals surface area contributed by atoms with E-state index in [1.807, 2.05) is 0 Å². The quantitative estimate of drug-likeness (QED) is 0.0911. The fourth-order valence-corrected chi connectivity index (χ4v) is 7.45. The van der Waals surface area contributed by atoms with Gasteiger partial charge >= 0.3 is 12.1 Å². The molecule has 0 radical (unpaired) electrons. The number of alkyl carbamates (subject to hydrolysis) is 1. The number of ketones is 1. The van der Waals surface area contributed by atoms with E-state index < -0.39 is 80.5 Å². The minimum atomic E-state index is -4.63. The molecule has 3 rings (SSSR count). The number of ether oxygens (including phenoxy) is 2. The summed E-state index contributed by atoms with van der Waals surface area (Å²) in [7, 11) is -3.49. The first-order valence-electron chi connectivity index (χ1n) is 15.9. The predicted molar refractivity (Wildman–Crippen MR) is 180 cm³/mol. The van der Waals surface area contributed by atoms with Crippen molar-refractivity contribution >= 4 is 33.6 Å². The summed E-state index contributed by atoms with van der Waals surface area (Å²) < 4.78 is 69.3. The van der Waals surface area contributed by atoms with E-state index in [9.17, 15) is 32.9 Å². The molecule has 0 aliphatic carbocycles. The van der Waals surface area contributed by atoms with E-state index in [1.54, 1.807) is 60.7 Å². The summed E-state index contributed by atoms with van der Waals surface area (Å²) in [4.78, 5) is 49.1. The number of nitro groups is 1. The van der Waals surface area contributed by atoms with E-state index in [0.717, 1.165) is 31.4 Å². The highest BCUT2D eigenvalue weighted by atomic mass is 32.2. The molecule has 50 heavy (non-hydrogen) atoms. The van der Waals surface area contributed by atoms with Gasteiger partial charge in [0.1, 0.15) is 12.1 Å². The lowest BCUT2D eigenvalue weighted by molar-refractivity contribution is -0.384. The molecule has 15 heteroatoms. The van der Waals surface area contributed by atoms with Crippen LogP contribution in [0.2, 0.25) is 0 Å². The van der Waals surface area contributed by atoms with Crippen LogP contribution in [-0.4, -0.2) is 73.3 Å².